The van der Waals surface area contributed by atoms with Gasteiger partial charge in [-0.1, -0.05) is 39.2 Å². The predicted octanol–water partition coefficient (Wildman–Crippen LogP) is 4.08. The van der Waals surface area contributed by atoms with E-state index in [2.05, 4.69) is 19.9 Å². The summed E-state index contributed by atoms with van der Waals surface area (Å²) in [7, 11) is 0. The van der Waals surface area contributed by atoms with Crippen molar-refractivity contribution in [3.63, 3.8) is 0 Å². The average Bonchev–Trinajstić information content (AvgIpc) is 2.18. The Morgan fingerprint density at radius 3 is 2.13 bits per heavy atom. The highest BCUT2D eigenvalue weighted by atomic mass is 16.3. The van der Waals surface area contributed by atoms with Gasteiger partial charge in [0.1, 0.15) is 5.75 Å². The number of aryl methyl sites for hydroxylation is 2. The van der Waals surface area contributed by atoms with Crippen LogP contribution in [0.1, 0.15) is 50.7 Å². The van der Waals surface area contributed by atoms with Gasteiger partial charge in [0.05, 0.1) is 0 Å². The Morgan fingerprint density at radius 1 is 0.867 bits per heavy atom. The van der Waals surface area contributed by atoms with Crippen molar-refractivity contribution < 1.29 is 5.11 Å². The molecule has 1 rings (SSSR count). The van der Waals surface area contributed by atoms with Gasteiger partial charge in [-0.05, 0) is 42.5 Å². The van der Waals surface area contributed by atoms with Gasteiger partial charge >= 0.3 is 0 Å². The molecule has 1 heteroatoms. The molecule has 1 N–H and O–H groups in total. The van der Waals surface area contributed by atoms with Gasteiger partial charge in [-0.3, -0.25) is 0 Å². The summed E-state index contributed by atoms with van der Waals surface area (Å²) in [6, 6.07) is 6.01. The number of hydrogen-bond donors (Lipinski definition) is 1. The molecule has 1 nitrogen and oxygen atoms in total. The minimum atomic E-state index is 0.424. The summed E-state index contributed by atoms with van der Waals surface area (Å²) >= 11 is 0. The standard InChI is InChI=1S/C14H22O/c1-3-5-6-8-13-9-12(7-4-2)10-14(15)11-13/h9-11,15H,3-8H2,1-2H3. The number of phenolic OH excluding ortho intramolecular Hbond substituents is 1. The highest BCUT2D eigenvalue weighted by Crippen LogP contribution is 2.18. The van der Waals surface area contributed by atoms with E-state index in [1.807, 2.05) is 12.1 Å². The zero-order valence-electron chi connectivity index (χ0n) is 9.92. The molecule has 84 valence electrons. The quantitative estimate of drug-likeness (QED) is 0.695. The van der Waals surface area contributed by atoms with Gasteiger partial charge in [-0.25, -0.2) is 0 Å². The lowest BCUT2D eigenvalue weighted by Gasteiger charge is -2.05. The predicted molar refractivity (Wildman–Crippen MR) is 65.3 cm³/mol. The number of benzene rings is 1. The first-order valence-corrected chi connectivity index (χ1v) is 6.08. The van der Waals surface area contributed by atoms with Crippen molar-refractivity contribution in [1.29, 1.82) is 0 Å². The second-order valence-corrected chi connectivity index (χ2v) is 4.21. The normalized spacial score (nSPS) is 10.5. The maximum Gasteiger partial charge on any atom is 0.116 e. The Kier molecular flexibility index (Phi) is 5.23. The number of aromatic hydroxyl groups is 1. The molecule has 0 aliphatic heterocycles. The smallest absolute Gasteiger partial charge is 0.116 e. The van der Waals surface area contributed by atoms with Crippen LogP contribution in [0.3, 0.4) is 0 Å². The molecule has 0 saturated heterocycles. The summed E-state index contributed by atoms with van der Waals surface area (Å²) in [5, 5.41) is 9.58. The van der Waals surface area contributed by atoms with E-state index < -0.39 is 0 Å². The van der Waals surface area contributed by atoms with Crippen molar-refractivity contribution >= 4 is 0 Å². The lowest BCUT2D eigenvalue weighted by molar-refractivity contribution is 0.473. The fourth-order valence-electron chi connectivity index (χ4n) is 1.90. The number of unbranched alkanes of at least 4 members (excludes halogenated alkanes) is 2. The van der Waals surface area contributed by atoms with E-state index in [0.717, 1.165) is 19.3 Å². The molecule has 0 saturated carbocycles. The Morgan fingerprint density at radius 2 is 1.53 bits per heavy atom. The maximum atomic E-state index is 9.58. The van der Waals surface area contributed by atoms with Crippen LogP contribution in [0.4, 0.5) is 0 Å². The SMILES string of the molecule is CCCCCc1cc(O)cc(CCC)c1. The van der Waals surface area contributed by atoms with E-state index in [1.54, 1.807) is 0 Å². The molecular weight excluding hydrogens is 184 g/mol. The molecule has 0 aliphatic rings. The van der Waals surface area contributed by atoms with Crippen LogP contribution < -0.4 is 0 Å². The molecule has 0 spiro atoms. The molecule has 1 aromatic rings. The first-order chi connectivity index (χ1) is 7.26. The Bertz CT molecular complexity index is 291. The van der Waals surface area contributed by atoms with Gasteiger partial charge in [-0.2, -0.15) is 0 Å². The minimum Gasteiger partial charge on any atom is -0.508 e. The number of rotatable bonds is 6. The van der Waals surface area contributed by atoms with Crippen LogP contribution in [0.5, 0.6) is 5.75 Å². The fraction of sp³-hybridized carbons (Fsp3) is 0.571. The van der Waals surface area contributed by atoms with Crippen LogP contribution in [0.2, 0.25) is 0 Å². The number of hydrogen-bond acceptors (Lipinski definition) is 1. The Labute approximate surface area is 93.1 Å². The van der Waals surface area contributed by atoms with Crippen LogP contribution in [-0.2, 0) is 12.8 Å². The monoisotopic (exact) mass is 206 g/mol. The second kappa shape index (κ2) is 6.49. The van der Waals surface area contributed by atoms with E-state index in [1.165, 1.54) is 30.4 Å². The van der Waals surface area contributed by atoms with Crippen LogP contribution in [-0.4, -0.2) is 5.11 Å². The summed E-state index contributed by atoms with van der Waals surface area (Å²) in [5.41, 5.74) is 2.55. The fourth-order valence-corrected chi connectivity index (χ4v) is 1.90. The highest BCUT2D eigenvalue weighted by molar-refractivity contribution is 5.33. The summed E-state index contributed by atoms with van der Waals surface area (Å²) in [5.74, 6) is 0.424. The van der Waals surface area contributed by atoms with Gasteiger partial charge in [0.25, 0.3) is 0 Å². The third-order valence-corrected chi connectivity index (χ3v) is 2.65. The van der Waals surface area contributed by atoms with Crippen LogP contribution >= 0.6 is 0 Å². The highest BCUT2D eigenvalue weighted by Gasteiger charge is 1.99. The van der Waals surface area contributed by atoms with E-state index in [4.69, 9.17) is 0 Å². The van der Waals surface area contributed by atoms with E-state index in [-0.39, 0.29) is 0 Å². The lowest BCUT2D eigenvalue weighted by Crippen LogP contribution is -1.89. The van der Waals surface area contributed by atoms with Crippen molar-refractivity contribution in [2.24, 2.45) is 0 Å². The molecule has 0 radical (unpaired) electrons. The summed E-state index contributed by atoms with van der Waals surface area (Å²) < 4.78 is 0. The van der Waals surface area contributed by atoms with Crippen LogP contribution in [0.15, 0.2) is 18.2 Å². The lowest BCUT2D eigenvalue weighted by atomic mass is 10.0. The third-order valence-electron chi connectivity index (χ3n) is 2.65. The van der Waals surface area contributed by atoms with Gasteiger partial charge in [0.15, 0.2) is 0 Å². The summed E-state index contributed by atoms with van der Waals surface area (Å²) in [4.78, 5) is 0. The minimum absolute atomic E-state index is 0.424. The van der Waals surface area contributed by atoms with Gasteiger partial charge in [0.2, 0.25) is 0 Å². The Balaban J connectivity index is 2.62. The second-order valence-electron chi connectivity index (χ2n) is 4.21. The van der Waals surface area contributed by atoms with Crippen molar-refractivity contribution in [2.45, 2.75) is 52.4 Å². The molecule has 0 unspecified atom stereocenters. The first kappa shape index (κ1) is 12.1. The van der Waals surface area contributed by atoms with E-state index in [9.17, 15) is 5.11 Å². The summed E-state index contributed by atoms with van der Waals surface area (Å²) in [6.07, 6.45) is 7.05. The average molecular weight is 206 g/mol. The molecular formula is C14H22O. The molecule has 0 aliphatic carbocycles. The van der Waals surface area contributed by atoms with Crippen LogP contribution in [0, 0.1) is 0 Å². The van der Waals surface area contributed by atoms with Crippen molar-refractivity contribution in [2.75, 3.05) is 0 Å². The topological polar surface area (TPSA) is 20.2 Å². The number of phenols is 1. The molecule has 0 bridgehead atoms. The third kappa shape index (κ3) is 4.37. The van der Waals surface area contributed by atoms with Crippen LogP contribution in [0.25, 0.3) is 0 Å². The molecule has 0 atom stereocenters. The molecule has 0 aromatic heterocycles. The molecule has 0 fully saturated rings. The Hall–Kier alpha value is -0.980. The molecule has 1 aromatic carbocycles. The zero-order valence-corrected chi connectivity index (χ0v) is 9.92. The van der Waals surface area contributed by atoms with Gasteiger partial charge < -0.3 is 5.11 Å². The van der Waals surface area contributed by atoms with Gasteiger partial charge in [0, 0.05) is 0 Å². The first-order valence-electron chi connectivity index (χ1n) is 6.08. The maximum absolute atomic E-state index is 9.58. The molecule has 0 amide bonds. The van der Waals surface area contributed by atoms with Crippen molar-refractivity contribution in [3.05, 3.63) is 29.3 Å². The van der Waals surface area contributed by atoms with Crippen molar-refractivity contribution in [1.82, 2.24) is 0 Å². The summed E-state index contributed by atoms with van der Waals surface area (Å²) in [6.45, 7) is 4.38. The van der Waals surface area contributed by atoms with Crippen molar-refractivity contribution in [3.8, 4) is 5.75 Å². The zero-order chi connectivity index (χ0) is 11.1. The largest absolute Gasteiger partial charge is 0.508 e. The molecule has 15 heavy (non-hydrogen) atoms. The van der Waals surface area contributed by atoms with Gasteiger partial charge in [-0.15, -0.1) is 0 Å². The van der Waals surface area contributed by atoms with E-state index >= 15 is 0 Å². The molecule has 0 heterocycles. The van der Waals surface area contributed by atoms with E-state index in [0.29, 0.717) is 5.75 Å².